The second-order valence-electron chi connectivity index (χ2n) is 7.03. The summed E-state index contributed by atoms with van der Waals surface area (Å²) in [6, 6.07) is 6.29. The van der Waals surface area contributed by atoms with E-state index in [1.165, 1.54) is 32.1 Å². The number of guanidine groups is 1. The number of methoxy groups -OCH3 is 1. The molecule has 2 atom stereocenters. The van der Waals surface area contributed by atoms with Crippen molar-refractivity contribution in [3.05, 3.63) is 23.8 Å². The molecule has 0 amide bonds. The number of aliphatic imine (C=N–C) groups is 1. The van der Waals surface area contributed by atoms with Gasteiger partial charge in [0.05, 0.1) is 20.3 Å². The molecule has 0 spiro atoms. The average Bonchev–Trinajstić information content (AvgIpc) is 2.71. The maximum absolute atomic E-state index is 8.91. The maximum Gasteiger partial charge on any atom is 0.191 e. The molecule has 0 aromatic heterocycles. The molecule has 0 saturated heterocycles. The Labute approximate surface area is 163 Å². The third kappa shape index (κ3) is 6.94. The highest BCUT2D eigenvalue weighted by Gasteiger charge is 2.21. The third-order valence-corrected chi connectivity index (χ3v) is 5.04. The summed E-state index contributed by atoms with van der Waals surface area (Å²) in [5.74, 6) is 3.00. The van der Waals surface area contributed by atoms with Crippen molar-refractivity contribution < 1.29 is 14.6 Å². The van der Waals surface area contributed by atoms with E-state index in [9.17, 15) is 0 Å². The first-order valence-electron chi connectivity index (χ1n) is 10.2. The van der Waals surface area contributed by atoms with Crippen LogP contribution in [-0.4, -0.2) is 44.0 Å². The summed E-state index contributed by atoms with van der Waals surface area (Å²) in [5.41, 5.74) is 1.05. The van der Waals surface area contributed by atoms with Crippen molar-refractivity contribution in [2.24, 2.45) is 10.9 Å². The Morgan fingerprint density at radius 2 is 2.11 bits per heavy atom. The Kier molecular flexibility index (Phi) is 9.25. The van der Waals surface area contributed by atoms with Crippen LogP contribution in [0.2, 0.25) is 0 Å². The highest BCUT2D eigenvalue weighted by molar-refractivity contribution is 5.80. The van der Waals surface area contributed by atoms with Crippen LogP contribution in [0.3, 0.4) is 0 Å². The first-order chi connectivity index (χ1) is 13.2. The monoisotopic (exact) mass is 377 g/mol. The number of benzene rings is 1. The summed E-state index contributed by atoms with van der Waals surface area (Å²) >= 11 is 0. The van der Waals surface area contributed by atoms with Gasteiger partial charge in [-0.2, -0.15) is 0 Å². The van der Waals surface area contributed by atoms with Crippen molar-refractivity contribution in [1.29, 1.82) is 0 Å². The zero-order chi connectivity index (χ0) is 19.5. The molecular formula is C21H35N3O3. The summed E-state index contributed by atoms with van der Waals surface area (Å²) in [7, 11) is 1.62. The van der Waals surface area contributed by atoms with Crippen LogP contribution in [0.1, 0.15) is 51.5 Å². The van der Waals surface area contributed by atoms with E-state index in [4.69, 9.17) is 19.6 Å². The normalized spacial score (nSPS) is 20.2. The van der Waals surface area contributed by atoms with E-state index in [2.05, 4.69) is 24.5 Å². The molecule has 2 rings (SSSR count). The van der Waals surface area contributed by atoms with E-state index in [0.717, 1.165) is 24.0 Å². The fourth-order valence-electron chi connectivity index (χ4n) is 3.56. The molecule has 6 heteroatoms. The van der Waals surface area contributed by atoms with Crippen LogP contribution in [0.25, 0.3) is 0 Å². The predicted octanol–water partition coefficient (Wildman–Crippen LogP) is 3.09. The summed E-state index contributed by atoms with van der Waals surface area (Å²) in [4.78, 5) is 4.75. The Morgan fingerprint density at radius 3 is 2.81 bits per heavy atom. The number of nitrogens with zero attached hydrogens (tertiary/aromatic N) is 1. The van der Waals surface area contributed by atoms with Crippen LogP contribution in [0.15, 0.2) is 23.2 Å². The minimum absolute atomic E-state index is 0.0209. The van der Waals surface area contributed by atoms with Gasteiger partial charge in [-0.25, -0.2) is 4.99 Å². The number of nitrogens with one attached hydrogen (secondary N) is 2. The SMILES string of the molecule is CCNC(=NCc1ccc(OCCO)c(OC)c1)NC1CCCC(CC)C1. The largest absolute Gasteiger partial charge is 0.493 e. The zero-order valence-electron chi connectivity index (χ0n) is 17.0. The lowest BCUT2D eigenvalue weighted by Crippen LogP contribution is -2.45. The van der Waals surface area contributed by atoms with Crippen LogP contribution in [0.4, 0.5) is 0 Å². The molecule has 0 bridgehead atoms. The molecule has 0 heterocycles. The van der Waals surface area contributed by atoms with Crippen molar-refractivity contribution in [1.82, 2.24) is 10.6 Å². The second kappa shape index (κ2) is 11.7. The molecule has 1 fully saturated rings. The number of hydrogen-bond acceptors (Lipinski definition) is 4. The standard InChI is InChI=1S/C21H35N3O3/c1-4-16-7-6-8-18(13-16)24-21(22-5-2)23-15-17-9-10-19(27-12-11-25)20(14-17)26-3/h9-10,14,16,18,25H,4-8,11-13,15H2,1-3H3,(H2,22,23,24). The minimum atomic E-state index is -0.0209. The highest BCUT2D eigenvalue weighted by Crippen LogP contribution is 2.28. The van der Waals surface area contributed by atoms with Crippen LogP contribution in [0.5, 0.6) is 11.5 Å². The molecule has 152 valence electrons. The summed E-state index contributed by atoms with van der Waals surface area (Å²) in [5, 5.41) is 15.9. The number of rotatable bonds is 9. The van der Waals surface area contributed by atoms with E-state index >= 15 is 0 Å². The summed E-state index contributed by atoms with van der Waals surface area (Å²) in [6.45, 7) is 6.01. The Balaban J connectivity index is 2.00. The minimum Gasteiger partial charge on any atom is -0.493 e. The van der Waals surface area contributed by atoms with Crippen LogP contribution in [-0.2, 0) is 6.54 Å². The number of aliphatic hydroxyl groups excluding tert-OH is 1. The number of aliphatic hydroxyl groups is 1. The molecule has 0 aliphatic heterocycles. The van der Waals surface area contributed by atoms with Crippen molar-refractivity contribution in [3.63, 3.8) is 0 Å². The van der Waals surface area contributed by atoms with Gasteiger partial charge in [0.1, 0.15) is 6.61 Å². The number of hydrogen-bond donors (Lipinski definition) is 3. The van der Waals surface area contributed by atoms with Gasteiger partial charge in [-0.3, -0.25) is 0 Å². The van der Waals surface area contributed by atoms with E-state index in [1.54, 1.807) is 7.11 Å². The fourth-order valence-corrected chi connectivity index (χ4v) is 3.56. The quantitative estimate of drug-likeness (QED) is 0.455. The molecule has 3 N–H and O–H groups in total. The smallest absolute Gasteiger partial charge is 0.191 e. The van der Waals surface area contributed by atoms with Gasteiger partial charge in [-0.1, -0.05) is 32.3 Å². The van der Waals surface area contributed by atoms with Crippen molar-refractivity contribution >= 4 is 5.96 Å². The van der Waals surface area contributed by atoms with Gasteiger partial charge < -0.3 is 25.2 Å². The lowest BCUT2D eigenvalue weighted by Gasteiger charge is -2.30. The first-order valence-corrected chi connectivity index (χ1v) is 10.2. The van der Waals surface area contributed by atoms with Gasteiger partial charge in [-0.15, -0.1) is 0 Å². The molecule has 6 nitrogen and oxygen atoms in total. The van der Waals surface area contributed by atoms with Crippen LogP contribution >= 0.6 is 0 Å². The van der Waals surface area contributed by atoms with Gasteiger partial charge >= 0.3 is 0 Å². The molecule has 0 radical (unpaired) electrons. The first kappa shape index (κ1) is 21.4. The molecule has 1 aliphatic rings. The highest BCUT2D eigenvalue weighted by atomic mass is 16.5. The predicted molar refractivity (Wildman–Crippen MR) is 110 cm³/mol. The lowest BCUT2D eigenvalue weighted by molar-refractivity contribution is 0.196. The van der Waals surface area contributed by atoms with Crippen molar-refractivity contribution in [2.75, 3.05) is 26.9 Å². The molecular weight excluding hydrogens is 342 g/mol. The van der Waals surface area contributed by atoms with E-state index in [-0.39, 0.29) is 13.2 Å². The Hall–Kier alpha value is -1.95. The van der Waals surface area contributed by atoms with Crippen LogP contribution < -0.4 is 20.1 Å². The molecule has 2 unspecified atom stereocenters. The number of ether oxygens (including phenoxy) is 2. The molecule has 1 aliphatic carbocycles. The Morgan fingerprint density at radius 1 is 1.26 bits per heavy atom. The molecule has 1 aromatic rings. The van der Waals surface area contributed by atoms with E-state index in [0.29, 0.717) is 24.1 Å². The fraction of sp³-hybridized carbons (Fsp3) is 0.667. The molecule has 1 aromatic carbocycles. The maximum atomic E-state index is 8.91. The lowest BCUT2D eigenvalue weighted by atomic mass is 9.84. The third-order valence-electron chi connectivity index (χ3n) is 5.04. The average molecular weight is 378 g/mol. The van der Waals surface area contributed by atoms with Crippen LogP contribution in [0, 0.1) is 5.92 Å². The van der Waals surface area contributed by atoms with E-state index < -0.39 is 0 Å². The molecule has 27 heavy (non-hydrogen) atoms. The van der Waals surface area contributed by atoms with Gasteiger partial charge in [0, 0.05) is 12.6 Å². The van der Waals surface area contributed by atoms with Crippen molar-refractivity contribution in [2.45, 2.75) is 58.5 Å². The summed E-state index contributed by atoms with van der Waals surface area (Å²) < 4.78 is 10.9. The van der Waals surface area contributed by atoms with Gasteiger partial charge in [0.2, 0.25) is 0 Å². The zero-order valence-corrected chi connectivity index (χ0v) is 17.0. The van der Waals surface area contributed by atoms with Gasteiger partial charge in [0.25, 0.3) is 0 Å². The van der Waals surface area contributed by atoms with Gasteiger partial charge in [-0.05, 0) is 43.4 Å². The Bertz CT molecular complexity index is 592. The van der Waals surface area contributed by atoms with Gasteiger partial charge in [0.15, 0.2) is 17.5 Å². The van der Waals surface area contributed by atoms with E-state index in [1.807, 2.05) is 18.2 Å². The summed E-state index contributed by atoms with van der Waals surface area (Å²) in [6.07, 6.45) is 6.35. The molecule has 1 saturated carbocycles. The second-order valence-corrected chi connectivity index (χ2v) is 7.03. The topological polar surface area (TPSA) is 75.1 Å². The van der Waals surface area contributed by atoms with Crippen molar-refractivity contribution in [3.8, 4) is 11.5 Å².